The number of aryl methyl sites for hydroxylation is 2. The van der Waals surface area contributed by atoms with E-state index in [0.29, 0.717) is 0 Å². The lowest BCUT2D eigenvalue weighted by molar-refractivity contribution is -0.130. The molecule has 2 aliphatic heterocycles. The third-order valence-corrected chi connectivity index (χ3v) is 7.17. The SMILES string of the molecule is COc1cc2c(cc1CN1CCC(C3CCN(C(C)=O)CC3)CC1)CCC2. The minimum Gasteiger partial charge on any atom is -0.496 e. The zero-order chi connectivity index (χ0) is 18.8. The van der Waals surface area contributed by atoms with E-state index in [9.17, 15) is 4.79 Å². The van der Waals surface area contributed by atoms with Crippen LogP contribution in [0.1, 0.15) is 55.7 Å². The molecule has 2 heterocycles. The van der Waals surface area contributed by atoms with E-state index in [1.807, 2.05) is 4.90 Å². The van der Waals surface area contributed by atoms with Crippen LogP contribution in [0.15, 0.2) is 12.1 Å². The Kier molecular flexibility index (Phi) is 5.72. The highest BCUT2D eigenvalue weighted by molar-refractivity contribution is 5.73. The van der Waals surface area contributed by atoms with E-state index in [1.165, 1.54) is 74.7 Å². The first-order chi connectivity index (χ1) is 13.1. The Morgan fingerprint density at radius 3 is 2.19 bits per heavy atom. The van der Waals surface area contributed by atoms with Gasteiger partial charge in [0, 0.05) is 32.1 Å². The molecular formula is C23H34N2O2. The first-order valence-electron chi connectivity index (χ1n) is 10.8. The van der Waals surface area contributed by atoms with Gasteiger partial charge in [0.25, 0.3) is 0 Å². The van der Waals surface area contributed by atoms with Gasteiger partial charge in [-0.1, -0.05) is 6.07 Å². The van der Waals surface area contributed by atoms with Crippen LogP contribution in [0, 0.1) is 11.8 Å². The highest BCUT2D eigenvalue weighted by Crippen LogP contribution is 2.35. The Balaban J connectivity index is 1.31. The summed E-state index contributed by atoms with van der Waals surface area (Å²) in [6, 6.07) is 4.69. The molecule has 1 aromatic carbocycles. The largest absolute Gasteiger partial charge is 0.496 e. The lowest BCUT2D eigenvalue weighted by atomic mass is 9.78. The molecule has 1 amide bonds. The van der Waals surface area contributed by atoms with E-state index in [0.717, 1.165) is 37.2 Å². The molecule has 1 aliphatic carbocycles. The van der Waals surface area contributed by atoms with E-state index in [2.05, 4.69) is 17.0 Å². The fraction of sp³-hybridized carbons (Fsp3) is 0.696. The first-order valence-corrected chi connectivity index (χ1v) is 10.8. The summed E-state index contributed by atoms with van der Waals surface area (Å²) in [5, 5.41) is 0. The predicted octanol–water partition coefficient (Wildman–Crippen LogP) is 3.65. The molecule has 148 valence electrons. The lowest BCUT2D eigenvalue weighted by Gasteiger charge is -2.40. The van der Waals surface area contributed by atoms with Gasteiger partial charge in [-0.3, -0.25) is 9.69 Å². The number of nitrogens with zero attached hydrogens (tertiary/aromatic N) is 2. The number of methoxy groups -OCH3 is 1. The van der Waals surface area contributed by atoms with E-state index in [4.69, 9.17) is 4.74 Å². The van der Waals surface area contributed by atoms with Gasteiger partial charge in [0.15, 0.2) is 0 Å². The molecule has 1 aromatic rings. The van der Waals surface area contributed by atoms with Gasteiger partial charge in [0.1, 0.15) is 5.75 Å². The maximum atomic E-state index is 11.5. The summed E-state index contributed by atoms with van der Waals surface area (Å²) in [5.41, 5.74) is 4.40. The Morgan fingerprint density at radius 2 is 1.59 bits per heavy atom. The minimum atomic E-state index is 0.242. The Bertz CT molecular complexity index is 671. The summed E-state index contributed by atoms with van der Waals surface area (Å²) < 4.78 is 5.70. The van der Waals surface area contributed by atoms with Gasteiger partial charge in [-0.25, -0.2) is 0 Å². The maximum Gasteiger partial charge on any atom is 0.219 e. The molecule has 3 aliphatic rings. The Hall–Kier alpha value is -1.55. The van der Waals surface area contributed by atoms with Crippen LogP contribution in [0.5, 0.6) is 5.75 Å². The second-order valence-corrected chi connectivity index (χ2v) is 8.74. The van der Waals surface area contributed by atoms with Gasteiger partial charge < -0.3 is 9.64 Å². The molecular weight excluding hydrogens is 336 g/mol. The van der Waals surface area contributed by atoms with Crippen molar-refractivity contribution in [3.05, 3.63) is 28.8 Å². The van der Waals surface area contributed by atoms with Crippen molar-refractivity contribution in [2.24, 2.45) is 11.8 Å². The van der Waals surface area contributed by atoms with Crippen molar-refractivity contribution in [3.63, 3.8) is 0 Å². The molecule has 0 bridgehead atoms. The van der Waals surface area contributed by atoms with E-state index >= 15 is 0 Å². The van der Waals surface area contributed by atoms with Gasteiger partial charge in [0.05, 0.1) is 7.11 Å². The molecule has 0 atom stereocenters. The summed E-state index contributed by atoms with van der Waals surface area (Å²) in [4.78, 5) is 16.2. The van der Waals surface area contributed by atoms with Gasteiger partial charge in [0.2, 0.25) is 5.91 Å². The molecule has 4 nitrogen and oxygen atoms in total. The van der Waals surface area contributed by atoms with Gasteiger partial charge >= 0.3 is 0 Å². The molecule has 0 N–H and O–H groups in total. The minimum absolute atomic E-state index is 0.242. The topological polar surface area (TPSA) is 32.8 Å². The van der Waals surface area contributed by atoms with Gasteiger partial charge in [-0.05, 0) is 87.1 Å². The third-order valence-electron chi connectivity index (χ3n) is 7.17. The van der Waals surface area contributed by atoms with Crippen LogP contribution < -0.4 is 4.74 Å². The molecule has 4 heteroatoms. The maximum absolute atomic E-state index is 11.5. The molecule has 0 spiro atoms. The van der Waals surface area contributed by atoms with Crippen LogP contribution in [-0.2, 0) is 24.2 Å². The Morgan fingerprint density at radius 1 is 1.00 bits per heavy atom. The second kappa shape index (κ2) is 8.22. The summed E-state index contributed by atoms with van der Waals surface area (Å²) in [6.45, 7) is 7.03. The number of rotatable bonds is 4. The molecule has 4 rings (SSSR count). The number of hydrogen-bond donors (Lipinski definition) is 0. The fourth-order valence-corrected chi connectivity index (χ4v) is 5.48. The second-order valence-electron chi connectivity index (χ2n) is 8.74. The molecule has 27 heavy (non-hydrogen) atoms. The third kappa shape index (κ3) is 4.16. The highest BCUT2D eigenvalue weighted by Gasteiger charge is 2.30. The number of carbonyl (C=O) groups is 1. The Labute approximate surface area is 163 Å². The van der Waals surface area contributed by atoms with Crippen LogP contribution in [-0.4, -0.2) is 49.0 Å². The average molecular weight is 371 g/mol. The summed E-state index contributed by atoms with van der Waals surface area (Å²) in [7, 11) is 1.81. The van der Waals surface area contributed by atoms with Crippen molar-refractivity contribution in [1.29, 1.82) is 0 Å². The number of fused-ring (bicyclic) bond motifs is 1. The van der Waals surface area contributed by atoms with Gasteiger partial charge in [-0.15, -0.1) is 0 Å². The van der Waals surface area contributed by atoms with Crippen molar-refractivity contribution in [3.8, 4) is 5.75 Å². The van der Waals surface area contributed by atoms with Crippen LogP contribution in [0.25, 0.3) is 0 Å². The number of amides is 1. The smallest absolute Gasteiger partial charge is 0.219 e. The molecule has 0 aromatic heterocycles. The van der Waals surface area contributed by atoms with Crippen LogP contribution in [0.4, 0.5) is 0 Å². The van der Waals surface area contributed by atoms with Crippen molar-refractivity contribution in [2.45, 2.75) is 58.4 Å². The summed E-state index contributed by atoms with van der Waals surface area (Å²) >= 11 is 0. The molecule has 2 fully saturated rings. The molecule has 2 saturated heterocycles. The standard InChI is InChI=1S/C23H34N2O2/c1-17(26)25-12-8-19(9-13-25)18-6-10-24(11-7-18)16-22-14-20-4-3-5-21(20)15-23(22)27-2/h14-15,18-19H,3-13,16H2,1-2H3. The normalized spacial score (nSPS) is 22.1. The van der Waals surface area contributed by atoms with Crippen molar-refractivity contribution in [1.82, 2.24) is 9.80 Å². The van der Waals surface area contributed by atoms with Crippen LogP contribution >= 0.6 is 0 Å². The van der Waals surface area contributed by atoms with E-state index in [1.54, 1.807) is 14.0 Å². The molecule has 0 saturated carbocycles. The van der Waals surface area contributed by atoms with E-state index in [-0.39, 0.29) is 5.91 Å². The number of hydrogen-bond acceptors (Lipinski definition) is 3. The fourth-order valence-electron chi connectivity index (χ4n) is 5.48. The van der Waals surface area contributed by atoms with Crippen LogP contribution in [0.2, 0.25) is 0 Å². The summed E-state index contributed by atoms with van der Waals surface area (Å²) in [6.07, 6.45) is 8.73. The molecule has 0 radical (unpaired) electrons. The van der Waals surface area contributed by atoms with Crippen molar-refractivity contribution in [2.75, 3.05) is 33.3 Å². The van der Waals surface area contributed by atoms with Gasteiger partial charge in [-0.2, -0.15) is 0 Å². The number of ether oxygens (including phenoxy) is 1. The molecule has 0 unspecified atom stereocenters. The van der Waals surface area contributed by atoms with Crippen molar-refractivity contribution < 1.29 is 9.53 Å². The zero-order valence-electron chi connectivity index (χ0n) is 17.0. The number of benzene rings is 1. The quantitative estimate of drug-likeness (QED) is 0.811. The van der Waals surface area contributed by atoms with Crippen LogP contribution in [0.3, 0.4) is 0 Å². The predicted molar refractivity (Wildman–Crippen MR) is 108 cm³/mol. The first kappa shape index (κ1) is 18.8. The lowest BCUT2D eigenvalue weighted by Crippen LogP contribution is -2.42. The van der Waals surface area contributed by atoms with Crippen molar-refractivity contribution >= 4 is 5.91 Å². The zero-order valence-corrected chi connectivity index (χ0v) is 17.0. The average Bonchev–Trinajstić information content (AvgIpc) is 3.15. The monoisotopic (exact) mass is 370 g/mol. The summed E-state index contributed by atoms with van der Waals surface area (Å²) in [5.74, 6) is 2.98. The number of piperidine rings is 2. The highest BCUT2D eigenvalue weighted by atomic mass is 16.5. The van der Waals surface area contributed by atoms with E-state index < -0.39 is 0 Å². The number of carbonyl (C=O) groups excluding carboxylic acids is 1. The number of likely N-dealkylation sites (tertiary alicyclic amines) is 2.